The summed E-state index contributed by atoms with van der Waals surface area (Å²) in [6.07, 6.45) is 4.44. The Bertz CT molecular complexity index is 317. The highest BCUT2D eigenvalue weighted by atomic mass is 16.1. The molecule has 1 aliphatic heterocycles. The second kappa shape index (κ2) is 7.41. The smallest absolute Gasteiger partial charge is 0.237 e. The van der Waals surface area contributed by atoms with Crippen molar-refractivity contribution in [1.29, 1.82) is 0 Å². The van der Waals surface area contributed by atoms with Crippen molar-refractivity contribution in [3.8, 4) is 0 Å². The van der Waals surface area contributed by atoms with Crippen LogP contribution in [0.1, 0.15) is 60.3 Å². The van der Waals surface area contributed by atoms with E-state index < -0.39 is 5.54 Å². The fourth-order valence-corrected chi connectivity index (χ4v) is 3.42. The summed E-state index contributed by atoms with van der Waals surface area (Å²) in [7, 11) is 0. The van der Waals surface area contributed by atoms with Gasteiger partial charge in [-0.15, -0.1) is 0 Å². The molecule has 0 aromatic rings. The summed E-state index contributed by atoms with van der Waals surface area (Å²) >= 11 is 0. The zero-order valence-corrected chi connectivity index (χ0v) is 13.9. The summed E-state index contributed by atoms with van der Waals surface area (Å²) in [6.45, 7) is 12.9. The van der Waals surface area contributed by atoms with E-state index in [2.05, 4.69) is 37.9 Å². The summed E-state index contributed by atoms with van der Waals surface area (Å²) in [5.74, 6) is 0.474. The molecule has 20 heavy (non-hydrogen) atoms. The minimum Gasteiger partial charge on any atom is -0.368 e. The number of likely N-dealkylation sites (tertiary alicyclic amines) is 1. The number of carbonyl (C=O) groups is 1. The first-order valence-corrected chi connectivity index (χ1v) is 8.08. The van der Waals surface area contributed by atoms with Gasteiger partial charge in [-0.3, -0.25) is 4.79 Å². The number of primary amides is 1. The fourth-order valence-electron chi connectivity index (χ4n) is 3.42. The lowest BCUT2D eigenvalue weighted by Crippen LogP contribution is -2.55. The molecule has 1 rings (SSSR count). The Morgan fingerprint density at radius 2 is 2.05 bits per heavy atom. The number of nitrogens with two attached hydrogens (primary N) is 1. The average molecular weight is 283 g/mol. The molecule has 3 N–H and O–H groups in total. The molecule has 1 heterocycles. The van der Waals surface area contributed by atoms with Gasteiger partial charge in [-0.05, 0) is 65.5 Å². The zero-order valence-electron chi connectivity index (χ0n) is 13.9. The standard InChI is InChI=1S/C16H33N3O/c1-12(2)14-8-6-10-19(14)11-7-9-16(5,15(17)20)18-13(3)4/h12-14,18H,6-11H2,1-5H3,(H2,17,20). The molecular formula is C16H33N3O. The van der Waals surface area contributed by atoms with Gasteiger partial charge in [-0.1, -0.05) is 13.8 Å². The quantitative estimate of drug-likeness (QED) is 0.717. The van der Waals surface area contributed by atoms with E-state index in [4.69, 9.17) is 5.73 Å². The number of carbonyl (C=O) groups excluding carboxylic acids is 1. The molecule has 1 aliphatic rings. The lowest BCUT2D eigenvalue weighted by Gasteiger charge is -2.32. The second-order valence-corrected chi connectivity index (χ2v) is 7.09. The number of hydrogen-bond acceptors (Lipinski definition) is 3. The molecule has 0 saturated carbocycles. The van der Waals surface area contributed by atoms with Crippen LogP contribution in [0.15, 0.2) is 0 Å². The normalized spacial score (nSPS) is 23.4. The van der Waals surface area contributed by atoms with E-state index in [0.717, 1.165) is 19.4 Å². The zero-order chi connectivity index (χ0) is 15.3. The Morgan fingerprint density at radius 1 is 1.40 bits per heavy atom. The van der Waals surface area contributed by atoms with Gasteiger partial charge in [-0.2, -0.15) is 0 Å². The highest BCUT2D eigenvalue weighted by molar-refractivity contribution is 5.84. The molecule has 1 fully saturated rings. The lowest BCUT2D eigenvalue weighted by molar-refractivity contribution is -0.124. The Balaban J connectivity index is 2.46. The van der Waals surface area contributed by atoms with E-state index >= 15 is 0 Å². The number of amides is 1. The Hall–Kier alpha value is -0.610. The monoisotopic (exact) mass is 283 g/mol. The number of nitrogens with one attached hydrogen (secondary N) is 1. The maximum Gasteiger partial charge on any atom is 0.237 e. The van der Waals surface area contributed by atoms with E-state index in [-0.39, 0.29) is 11.9 Å². The molecule has 0 aliphatic carbocycles. The SMILES string of the molecule is CC(C)NC(C)(CCCN1CCCC1C(C)C)C(N)=O. The second-order valence-electron chi connectivity index (χ2n) is 7.09. The number of hydrogen-bond donors (Lipinski definition) is 2. The van der Waals surface area contributed by atoms with Crippen molar-refractivity contribution in [2.45, 2.75) is 77.9 Å². The summed E-state index contributed by atoms with van der Waals surface area (Å²) < 4.78 is 0. The molecule has 0 spiro atoms. The molecule has 4 nitrogen and oxygen atoms in total. The van der Waals surface area contributed by atoms with Gasteiger partial charge in [0.25, 0.3) is 0 Å². The highest BCUT2D eigenvalue weighted by Gasteiger charge is 2.32. The largest absolute Gasteiger partial charge is 0.368 e. The first kappa shape index (κ1) is 17.4. The van der Waals surface area contributed by atoms with Crippen LogP contribution in [0.25, 0.3) is 0 Å². The molecule has 1 saturated heterocycles. The van der Waals surface area contributed by atoms with Crippen LogP contribution < -0.4 is 11.1 Å². The third-order valence-electron chi connectivity index (χ3n) is 4.46. The maximum atomic E-state index is 11.7. The number of rotatable bonds is 8. The molecular weight excluding hydrogens is 250 g/mol. The predicted octanol–water partition coefficient (Wildman–Crippen LogP) is 2.13. The van der Waals surface area contributed by atoms with Gasteiger partial charge in [0.1, 0.15) is 0 Å². The molecule has 4 heteroatoms. The number of nitrogens with zero attached hydrogens (tertiary/aromatic N) is 1. The van der Waals surface area contributed by atoms with Crippen molar-refractivity contribution in [3.63, 3.8) is 0 Å². The minimum atomic E-state index is -0.582. The maximum absolute atomic E-state index is 11.7. The lowest BCUT2D eigenvalue weighted by atomic mass is 9.93. The van der Waals surface area contributed by atoms with Gasteiger partial charge in [0.05, 0.1) is 5.54 Å². The van der Waals surface area contributed by atoms with Crippen LogP contribution in [-0.4, -0.2) is 41.5 Å². The third-order valence-corrected chi connectivity index (χ3v) is 4.46. The van der Waals surface area contributed by atoms with Crippen molar-refractivity contribution in [1.82, 2.24) is 10.2 Å². The van der Waals surface area contributed by atoms with Crippen LogP contribution >= 0.6 is 0 Å². The summed E-state index contributed by atoms with van der Waals surface area (Å²) in [6, 6.07) is 0.982. The van der Waals surface area contributed by atoms with Gasteiger partial charge in [-0.25, -0.2) is 0 Å². The van der Waals surface area contributed by atoms with E-state index in [0.29, 0.717) is 12.0 Å². The summed E-state index contributed by atoms with van der Waals surface area (Å²) in [5, 5.41) is 3.32. The topological polar surface area (TPSA) is 58.4 Å². The van der Waals surface area contributed by atoms with Crippen molar-refractivity contribution >= 4 is 5.91 Å². The highest BCUT2D eigenvalue weighted by Crippen LogP contribution is 2.24. The molecule has 2 atom stereocenters. The molecule has 118 valence electrons. The molecule has 0 bridgehead atoms. The van der Waals surface area contributed by atoms with Crippen molar-refractivity contribution < 1.29 is 4.79 Å². The molecule has 2 unspecified atom stereocenters. The Morgan fingerprint density at radius 3 is 2.55 bits per heavy atom. The first-order chi connectivity index (χ1) is 9.26. The van der Waals surface area contributed by atoms with Crippen LogP contribution in [0.4, 0.5) is 0 Å². The Labute approximate surface area is 124 Å². The van der Waals surface area contributed by atoms with E-state index in [1.54, 1.807) is 0 Å². The van der Waals surface area contributed by atoms with Crippen LogP contribution in [0.2, 0.25) is 0 Å². The van der Waals surface area contributed by atoms with Crippen LogP contribution in [0.5, 0.6) is 0 Å². The minimum absolute atomic E-state index is 0.243. The van der Waals surface area contributed by atoms with Crippen molar-refractivity contribution in [3.05, 3.63) is 0 Å². The van der Waals surface area contributed by atoms with Gasteiger partial charge < -0.3 is 16.0 Å². The van der Waals surface area contributed by atoms with Crippen LogP contribution in [-0.2, 0) is 4.79 Å². The van der Waals surface area contributed by atoms with Crippen molar-refractivity contribution in [2.24, 2.45) is 11.7 Å². The fraction of sp³-hybridized carbons (Fsp3) is 0.938. The van der Waals surface area contributed by atoms with Gasteiger partial charge >= 0.3 is 0 Å². The molecule has 1 amide bonds. The third kappa shape index (κ3) is 4.74. The summed E-state index contributed by atoms with van der Waals surface area (Å²) in [5.41, 5.74) is 4.99. The van der Waals surface area contributed by atoms with E-state index in [1.165, 1.54) is 19.4 Å². The van der Waals surface area contributed by atoms with Gasteiger partial charge in [0.2, 0.25) is 5.91 Å². The van der Waals surface area contributed by atoms with Gasteiger partial charge in [0.15, 0.2) is 0 Å². The van der Waals surface area contributed by atoms with E-state index in [1.807, 2.05) is 6.92 Å². The van der Waals surface area contributed by atoms with Crippen LogP contribution in [0, 0.1) is 5.92 Å². The molecule has 0 aromatic carbocycles. The Kier molecular flexibility index (Phi) is 6.46. The van der Waals surface area contributed by atoms with Crippen molar-refractivity contribution in [2.75, 3.05) is 13.1 Å². The van der Waals surface area contributed by atoms with E-state index in [9.17, 15) is 4.79 Å². The summed E-state index contributed by atoms with van der Waals surface area (Å²) in [4.78, 5) is 14.3. The van der Waals surface area contributed by atoms with Crippen LogP contribution in [0.3, 0.4) is 0 Å². The predicted molar refractivity (Wildman–Crippen MR) is 84.5 cm³/mol. The van der Waals surface area contributed by atoms with Gasteiger partial charge in [0, 0.05) is 12.1 Å². The average Bonchev–Trinajstić information content (AvgIpc) is 2.76. The first-order valence-electron chi connectivity index (χ1n) is 8.08. The molecule has 0 radical (unpaired) electrons. The molecule has 0 aromatic heterocycles.